The molecule has 1 heterocycles. The second kappa shape index (κ2) is 12.0. The minimum absolute atomic E-state index is 0.220. The molecule has 1 rings (SSSR count). The van der Waals surface area contributed by atoms with Crippen molar-refractivity contribution in [1.29, 1.82) is 0 Å². The summed E-state index contributed by atoms with van der Waals surface area (Å²) in [5.74, 6) is -5.50. The lowest BCUT2D eigenvalue weighted by Crippen LogP contribution is -2.66. The van der Waals surface area contributed by atoms with Gasteiger partial charge in [0.2, 0.25) is 12.2 Å². The number of rotatable bonds is 11. The number of carbonyl (C=O) groups is 3. The Hall–Kier alpha value is -1.87. The zero-order valence-corrected chi connectivity index (χ0v) is 19.6. The van der Waals surface area contributed by atoms with Crippen LogP contribution >= 0.6 is 0 Å². The van der Waals surface area contributed by atoms with Gasteiger partial charge in [-0.3, -0.25) is 9.59 Å². The highest BCUT2D eigenvalue weighted by Crippen LogP contribution is 2.31. The molecule has 1 aliphatic heterocycles. The topological polar surface area (TPSA) is 192 Å². The molecule has 0 spiro atoms. The van der Waals surface area contributed by atoms with Crippen molar-refractivity contribution in [2.75, 3.05) is 34.3 Å². The maximum Gasteiger partial charge on any atom is 0.369 e. The second-order valence-corrected chi connectivity index (χ2v) is 9.24. The van der Waals surface area contributed by atoms with Crippen LogP contribution in [0.3, 0.4) is 0 Å². The molecule has 0 aromatic rings. The third-order valence-electron chi connectivity index (χ3n) is 4.81. The molecule has 0 aliphatic carbocycles. The number of hydrogen-bond donors (Lipinski definition) is 6. The Bertz CT molecular complexity index is 683. The molecule has 0 radical (unpaired) electrons. The van der Waals surface area contributed by atoms with E-state index >= 15 is 0 Å². The SMILES string of the molecule is CC(=O)NC1C(O)CC(O)(C(=O)OC(C)OC(=O)CC(O)C[N+](C)(C)C)OC1C(O)CCO. The Kier molecular flexibility index (Phi) is 10.6. The lowest BCUT2D eigenvalue weighted by Gasteiger charge is -2.44. The number of nitrogens with one attached hydrogen (secondary N) is 1. The summed E-state index contributed by atoms with van der Waals surface area (Å²) in [6.45, 7) is 2.20. The van der Waals surface area contributed by atoms with Crippen molar-refractivity contribution in [2.24, 2.45) is 0 Å². The molecular weight excluding hydrogens is 444 g/mol. The summed E-state index contributed by atoms with van der Waals surface area (Å²) in [6, 6.07) is -1.17. The number of nitrogens with zero attached hydrogens (tertiary/aromatic N) is 1. The highest BCUT2D eigenvalue weighted by molar-refractivity contribution is 5.78. The minimum Gasteiger partial charge on any atom is -0.425 e. The minimum atomic E-state index is -2.72. The zero-order valence-electron chi connectivity index (χ0n) is 19.6. The first-order valence-corrected chi connectivity index (χ1v) is 10.6. The van der Waals surface area contributed by atoms with Crippen molar-refractivity contribution in [3.63, 3.8) is 0 Å². The quantitative estimate of drug-likeness (QED) is 0.0998. The first-order chi connectivity index (χ1) is 15.1. The van der Waals surface area contributed by atoms with Gasteiger partial charge in [0.1, 0.15) is 18.8 Å². The van der Waals surface area contributed by atoms with E-state index in [0.29, 0.717) is 4.48 Å². The monoisotopic (exact) mass is 481 g/mol. The molecule has 1 amide bonds. The molecule has 6 N–H and O–H groups in total. The molecule has 1 saturated heterocycles. The van der Waals surface area contributed by atoms with Crippen LogP contribution in [0.1, 0.15) is 33.1 Å². The normalized spacial score (nSPS) is 28.4. The van der Waals surface area contributed by atoms with E-state index in [4.69, 9.17) is 19.3 Å². The van der Waals surface area contributed by atoms with E-state index in [-0.39, 0.29) is 19.4 Å². The molecule has 0 aromatic carbocycles. The van der Waals surface area contributed by atoms with Gasteiger partial charge in [0.25, 0.3) is 5.79 Å². The van der Waals surface area contributed by atoms with Crippen LogP contribution < -0.4 is 5.32 Å². The van der Waals surface area contributed by atoms with Crippen LogP contribution in [0, 0.1) is 0 Å². The van der Waals surface area contributed by atoms with E-state index < -0.39 is 73.4 Å². The van der Waals surface area contributed by atoms with Crippen LogP contribution in [0.4, 0.5) is 0 Å². The fourth-order valence-corrected chi connectivity index (χ4v) is 3.52. The highest BCUT2D eigenvalue weighted by Gasteiger charge is 2.54. The third kappa shape index (κ3) is 9.49. The summed E-state index contributed by atoms with van der Waals surface area (Å²) in [5, 5.41) is 52.8. The first kappa shape index (κ1) is 29.2. The number of aliphatic hydroxyl groups excluding tert-OH is 4. The number of carbonyl (C=O) groups excluding carboxylic acids is 3. The van der Waals surface area contributed by atoms with Gasteiger partial charge in [0.05, 0.1) is 45.8 Å². The highest BCUT2D eigenvalue weighted by atomic mass is 16.7. The second-order valence-electron chi connectivity index (χ2n) is 9.24. The molecule has 0 bridgehead atoms. The van der Waals surface area contributed by atoms with Crippen LogP contribution in [0.15, 0.2) is 0 Å². The largest absolute Gasteiger partial charge is 0.425 e. The lowest BCUT2D eigenvalue weighted by molar-refractivity contribution is -0.873. The molecule has 1 fully saturated rings. The molecule has 0 aromatic heterocycles. The van der Waals surface area contributed by atoms with E-state index in [1.54, 1.807) is 0 Å². The van der Waals surface area contributed by atoms with Crippen molar-refractivity contribution in [2.45, 2.75) is 75.6 Å². The summed E-state index contributed by atoms with van der Waals surface area (Å²) < 4.78 is 15.6. The maximum atomic E-state index is 12.6. The van der Waals surface area contributed by atoms with Crippen LogP contribution in [-0.2, 0) is 28.6 Å². The molecule has 7 atom stereocenters. The molecule has 33 heavy (non-hydrogen) atoms. The third-order valence-corrected chi connectivity index (χ3v) is 4.81. The standard InChI is InChI=1S/C20H36N2O11/c1-11(24)21-17-15(27)9-20(30,33-18(17)14(26)6-7-23)19(29)32-12(2)31-16(28)8-13(25)10-22(3,4)5/h12-15,17-18,23,25-27,30H,6-10H2,1-5H3/p+1. The fourth-order valence-electron chi connectivity index (χ4n) is 3.52. The average Bonchev–Trinajstić information content (AvgIpc) is 2.61. The number of aliphatic hydroxyl groups is 5. The van der Waals surface area contributed by atoms with Crippen molar-refractivity contribution in [3.05, 3.63) is 0 Å². The Morgan fingerprint density at radius 2 is 1.82 bits per heavy atom. The fraction of sp³-hybridized carbons (Fsp3) is 0.850. The molecule has 1 aliphatic rings. The van der Waals surface area contributed by atoms with Crippen LogP contribution in [0.2, 0.25) is 0 Å². The Morgan fingerprint density at radius 3 is 2.33 bits per heavy atom. The van der Waals surface area contributed by atoms with Gasteiger partial charge in [-0.15, -0.1) is 0 Å². The van der Waals surface area contributed by atoms with E-state index in [1.165, 1.54) is 13.8 Å². The molecule has 7 unspecified atom stereocenters. The van der Waals surface area contributed by atoms with Gasteiger partial charge in [0, 0.05) is 26.9 Å². The van der Waals surface area contributed by atoms with Gasteiger partial charge < -0.3 is 49.5 Å². The number of ether oxygens (including phenoxy) is 3. The van der Waals surface area contributed by atoms with E-state index in [1.807, 2.05) is 21.1 Å². The van der Waals surface area contributed by atoms with Crippen molar-refractivity contribution >= 4 is 17.8 Å². The maximum absolute atomic E-state index is 12.6. The predicted octanol–water partition coefficient (Wildman–Crippen LogP) is -3.04. The van der Waals surface area contributed by atoms with E-state index in [0.717, 1.165) is 0 Å². The Balaban J connectivity index is 2.81. The van der Waals surface area contributed by atoms with Gasteiger partial charge in [-0.05, 0) is 6.42 Å². The molecule has 13 heteroatoms. The van der Waals surface area contributed by atoms with Crippen LogP contribution in [0.5, 0.6) is 0 Å². The van der Waals surface area contributed by atoms with Gasteiger partial charge in [-0.2, -0.15) is 0 Å². The van der Waals surface area contributed by atoms with E-state index in [9.17, 15) is 34.8 Å². The summed E-state index contributed by atoms with van der Waals surface area (Å²) in [5.41, 5.74) is 0. The van der Waals surface area contributed by atoms with Crippen molar-refractivity contribution in [1.82, 2.24) is 5.32 Å². The van der Waals surface area contributed by atoms with Crippen molar-refractivity contribution < 1.29 is 58.6 Å². The predicted molar refractivity (Wildman–Crippen MR) is 111 cm³/mol. The summed E-state index contributed by atoms with van der Waals surface area (Å²) in [4.78, 5) is 36.0. The van der Waals surface area contributed by atoms with Gasteiger partial charge in [0.15, 0.2) is 0 Å². The van der Waals surface area contributed by atoms with Crippen LogP contribution in [-0.4, -0.2) is 125 Å². The lowest BCUT2D eigenvalue weighted by atomic mass is 9.89. The van der Waals surface area contributed by atoms with Crippen LogP contribution in [0.25, 0.3) is 0 Å². The Labute approximate surface area is 192 Å². The zero-order chi connectivity index (χ0) is 25.6. The average molecular weight is 482 g/mol. The number of amides is 1. The van der Waals surface area contributed by atoms with Gasteiger partial charge in [-0.25, -0.2) is 4.79 Å². The molecule has 0 saturated carbocycles. The number of quaternary nitrogens is 1. The Morgan fingerprint density at radius 1 is 1.21 bits per heavy atom. The first-order valence-electron chi connectivity index (χ1n) is 10.6. The number of hydrogen-bond acceptors (Lipinski definition) is 11. The summed E-state index contributed by atoms with van der Waals surface area (Å²) in [6.07, 6.45) is -8.12. The molecule has 13 nitrogen and oxygen atoms in total. The van der Waals surface area contributed by atoms with Gasteiger partial charge in [-0.1, -0.05) is 0 Å². The summed E-state index contributed by atoms with van der Waals surface area (Å²) >= 11 is 0. The smallest absolute Gasteiger partial charge is 0.369 e. The summed E-state index contributed by atoms with van der Waals surface area (Å²) in [7, 11) is 5.50. The molecular formula is C20H37N2O11+. The number of likely N-dealkylation sites (N-methyl/N-ethyl adjacent to an activating group) is 1. The van der Waals surface area contributed by atoms with E-state index in [2.05, 4.69) is 5.32 Å². The van der Waals surface area contributed by atoms with Gasteiger partial charge >= 0.3 is 11.9 Å². The van der Waals surface area contributed by atoms with Crippen molar-refractivity contribution in [3.8, 4) is 0 Å². The number of esters is 2. The molecule has 192 valence electrons.